The summed E-state index contributed by atoms with van der Waals surface area (Å²) in [6, 6.07) is 2.34. The summed E-state index contributed by atoms with van der Waals surface area (Å²) in [7, 11) is 2.05. The molecule has 2 fully saturated rings. The highest BCUT2D eigenvalue weighted by Gasteiger charge is 2.32. The number of carbonyl (C=O) groups excluding carboxylic acids is 1. The molecule has 6 nitrogen and oxygen atoms in total. The molecule has 1 unspecified atom stereocenters. The second-order valence-corrected chi connectivity index (χ2v) is 6.43. The van der Waals surface area contributed by atoms with Crippen LogP contribution in [-0.4, -0.2) is 51.9 Å². The van der Waals surface area contributed by atoms with E-state index in [1.54, 1.807) is 6.07 Å². The summed E-state index contributed by atoms with van der Waals surface area (Å²) in [5.41, 5.74) is 0.453. The molecule has 1 N–H and O–H groups in total. The maximum absolute atomic E-state index is 12.7. The number of carbonyl (C=O) groups is 1. The summed E-state index contributed by atoms with van der Waals surface area (Å²) in [6.07, 6.45) is 8.34. The van der Waals surface area contributed by atoms with E-state index in [2.05, 4.69) is 14.9 Å². The molecule has 1 aromatic rings. The number of nitrogens with one attached hydrogen (secondary N) is 1. The van der Waals surface area contributed by atoms with Crippen LogP contribution in [0.5, 0.6) is 0 Å². The summed E-state index contributed by atoms with van der Waals surface area (Å²) in [5, 5.41) is 0. The van der Waals surface area contributed by atoms with Gasteiger partial charge in [0.05, 0.1) is 12.6 Å². The Balaban J connectivity index is 1.67. The molecule has 0 radical (unpaired) electrons. The second-order valence-electron chi connectivity index (χ2n) is 6.43. The minimum Gasteiger partial charge on any atom is -0.333 e. The van der Waals surface area contributed by atoms with Crippen LogP contribution in [-0.2, 0) is 4.79 Å². The van der Waals surface area contributed by atoms with Crippen molar-refractivity contribution in [3.63, 3.8) is 0 Å². The maximum atomic E-state index is 12.7. The van der Waals surface area contributed by atoms with Gasteiger partial charge in [-0.3, -0.25) is 9.69 Å². The topological polar surface area (TPSA) is 69.3 Å². The van der Waals surface area contributed by atoms with Crippen molar-refractivity contribution in [1.29, 1.82) is 0 Å². The van der Waals surface area contributed by atoms with Gasteiger partial charge in [-0.05, 0) is 38.8 Å². The van der Waals surface area contributed by atoms with Gasteiger partial charge < -0.3 is 9.88 Å². The van der Waals surface area contributed by atoms with E-state index in [4.69, 9.17) is 0 Å². The van der Waals surface area contributed by atoms with Crippen LogP contribution in [0.15, 0.2) is 17.1 Å². The third-order valence-corrected chi connectivity index (χ3v) is 4.96. The number of hydrogen-bond acceptors (Lipinski definition) is 4. The monoisotopic (exact) mass is 304 g/mol. The van der Waals surface area contributed by atoms with Gasteiger partial charge in [0, 0.05) is 24.5 Å². The maximum Gasteiger partial charge on any atom is 0.345 e. The summed E-state index contributed by atoms with van der Waals surface area (Å²) in [6.45, 7) is 1.24. The van der Waals surface area contributed by atoms with E-state index in [0.717, 1.165) is 25.1 Å². The average Bonchev–Trinajstić information content (AvgIpc) is 3.18. The highest BCUT2D eigenvalue weighted by Crippen LogP contribution is 2.30. The molecule has 3 rings (SSSR count). The van der Waals surface area contributed by atoms with Crippen molar-refractivity contribution in [1.82, 2.24) is 19.8 Å². The smallest absolute Gasteiger partial charge is 0.333 e. The average molecular weight is 304 g/mol. The van der Waals surface area contributed by atoms with Crippen molar-refractivity contribution < 1.29 is 4.79 Å². The van der Waals surface area contributed by atoms with Crippen LogP contribution in [0.1, 0.15) is 50.3 Å². The summed E-state index contributed by atoms with van der Waals surface area (Å²) >= 11 is 0. The molecule has 120 valence electrons. The number of likely N-dealkylation sites (N-methyl/N-ethyl adjacent to an activating group) is 1. The van der Waals surface area contributed by atoms with E-state index >= 15 is 0 Å². The van der Waals surface area contributed by atoms with Gasteiger partial charge in [-0.1, -0.05) is 12.8 Å². The third-order valence-electron chi connectivity index (χ3n) is 4.96. The predicted molar refractivity (Wildman–Crippen MR) is 83.4 cm³/mol. The zero-order valence-corrected chi connectivity index (χ0v) is 13.1. The zero-order chi connectivity index (χ0) is 15.5. The van der Waals surface area contributed by atoms with E-state index in [1.807, 2.05) is 11.9 Å². The van der Waals surface area contributed by atoms with Gasteiger partial charge in [-0.15, -0.1) is 0 Å². The molecule has 0 aromatic carbocycles. The molecule has 1 saturated heterocycles. The minimum absolute atomic E-state index is 0.0137. The molecular formula is C16H24N4O2. The molecule has 1 aromatic heterocycles. The number of likely N-dealkylation sites (tertiary alicyclic amines) is 1. The molecule has 2 aliphatic rings. The molecule has 1 atom stereocenters. The first kappa shape index (κ1) is 15.2. The van der Waals surface area contributed by atoms with Gasteiger partial charge in [0.1, 0.15) is 0 Å². The largest absolute Gasteiger partial charge is 0.345 e. The van der Waals surface area contributed by atoms with Gasteiger partial charge in [0.25, 0.3) is 0 Å². The van der Waals surface area contributed by atoms with Crippen molar-refractivity contribution >= 4 is 5.91 Å². The Kier molecular flexibility index (Phi) is 4.57. The van der Waals surface area contributed by atoms with Gasteiger partial charge in [0.2, 0.25) is 5.91 Å². The number of rotatable bonds is 4. The van der Waals surface area contributed by atoms with Gasteiger partial charge in [-0.2, -0.15) is 0 Å². The SMILES string of the molecule is CN(CC(=O)N1CCCC1c1ccnc(=O)[nH]1)C1CCCC1. The van der Waals surface area contributed by atoms with Crippen LogP contribution in [0.4, 0.5) is 0 Å². The Morgan fingerprint density at radius 2 is 2.14 bits per heavy atom. The Morgan fingerprint density at radius 3 is 2.86 bits per heavy atom. The fourth-order valence-electron chi connectivity index (χ4n) is 3.74. The summed E-state index contributed by atoms with van der Waals surface area (Å²) < 4.78 is 0. The van der Waals surface area contributed by atoms with Gasteiger partial charge in [0.15, 0.2) is 0 Å². The lowest BCUT2D eigenvalue weighted by Gasteiger charge is -2.29. The van der Waals surface area contributed by atoms with Gasteiger partial charge >= 0.3 is 5.69 Å². The fraction of sp³-hybridized carbons (Fsp3) is 0.688. The lowest BCUT2D eigenvalue weighted by Crippen LogP contribution is -2.42. The predicted octanol–water partition coefficient (Wildman–Crippen LogP) is 1.31. The first-order valence-corrected chi connectivity index (χ1v) is 8.20. The number of amides is 1. The van der Waals surface area contributed by atoms with Crippen LogP contribution in [0.25, 0.3) is 0 Å². The van der Waals surface area contributed by atoms with E-state index in [-0.39, 0.29) is 17.6 Å². The van der Waals surface area contributed by atoms with Crippen LogP contribution in [0, 0.1) is 0 Å². The van der Waals surface area contributed by atoms with Crippen LogP contribution in [0.2, 0.25) is 0 Å². The quantitative estimate of drug-likeness (QED) is 0.910. The van der Waals surface area contributed by atoms with E-state index in [9.17, 15) is 9.59 Å². The molecule has 0 spiro atoms. The molecule has 6 heteroatoms. The Morgan fingerprint density at radius 1 is 1.36 bits per heavy atom. The van der Waals surface area contributed by atoms with Crippen molar-refractivity contribution in [2.75, 3.05) is 20.1 Å². The highest BCUT2D eigenvalue weighted by atomic mass is 16.2. The normalized spacial score (nSPS) is 22.6. The van der Waals surface area contributed by atoms with Crippen LogP contribution in [0.3, 0.4) is 0 Å². The molecule has 22 heavy (non-hydrogen) atoms. The first-order valence-electron chi connectivity index (χ1n) is 8.20. The molecule has 1 amide bonds. The molecule has 1 aliphatic carbocycles. The molecule has 1 saturated carbocycles. The van der Waals surface area contributed by atoms with E-state index in [1.165, 1.54) is 31.9 Å². The van der Waals surface area contributed by atoms with Crippen molar-refractivity contribution in [2.24, 2.45) is 0 Å². The van der Waals surface area contributed by atoms with Crippen molar-refractivity contribution in [3.8, 4) is 0 Å². The zero-order valence-electron chi connectivity index (χ0n) is 13.1. The van der Waals surface area contributed by atoms with Crippen molar-refractivity contribution in [3.05, 3.63) is 28.4 Å². The van der Waals surface area contributed by atoms with E-state index in [0.29, 0.717) is 12.6 Å². The number of nitrogens with zero attached hydrogens (tertiary/aromatic N) is 3. The molecule has 2 heterocycles. The van der Waals surface area contributed by atoms with Gasteiger partial charge in [-0.25, -0.2) is 9.78 Å². The summed E-state index contributed by atoms with van der Waals surface area (Å²) in [5.74, 6) is 0.162. The second kappa shape index (κ2) is 6.60. The lowest BCUT2D eigenvalue weighted by atomic mass is 10.1. The number of H-pyrrole nitrogens is 1. The third kappa shape index (κ3) is 3.21. The standard InChI is InChI=1S/C16H24N4O2/c1-19(12-5-2-3-6-12)11-15(21)20-10-4-7-14(20)13-8-9-17-16(22)18-13/h8-9,12,14H,2-7,10-11H2,1H3,(H,17,18,22). The fourth-order valence-corrected chi connectivity index (χ4v) is 3.74. The Hall–Kier alpha value is -1.69. The molecule has 0 bridgehead atoms. The molecular weight excluding hydrogens is 280 g/mol. The highest BCUT2D eigenvalue weighted by molar-refractivity contribution is 5.79. The lowest BCUT2D eigenvalue weighted by molar-refractivity contribution is -0.133. The number of aromatic nitrogens is 2. The van der Waals surface area contributed by atoms with Crippen molar-refractivity contribution in [2.45, 2.75) is 50.6 Å². The van der Waals surface area contributed by atoms with Crippen LogP contribution >= 0.6 is 0 Å². The molecule has 1 aliphatic heterocycles. The number of hydrogen-bond donors (Lipinski definition) is 1. The van der Waals surface area contributed by atoms with E-state index < -0.39 is 0 Å². The Bertz CT molecular complexity index is 580. The first-order chi connectivity index (χ1) is 10.6. The summed E-state index contributed by atoms with van der Waals surface area (Å²) in [4.78, 5) is 34.6. The Labute approximate surface area is 130 Å². The number of aromatic amines is 1. The van der Waals surface area contributed by atoms with Crippen LogP contribution < -0.4 is 5.69 Å². The minimum atomic E-state index is -0.347.